The van der Waals surface area contributed by atoms with Crippen LogP contribution in [0.2, 0.25) is 10.0 Å². The number of nitrogens with one attached hydrogen (secondary N) is 2. The van der Waals surface area contributed by atoms with E-state index in [9.17, 15) is 4.79 Å². The van der Waals surface area contributed by atoms with Gasteiger partial charge in [-0.3, -0.25) is 9.78 Å². The van der Waals surface area contributed by atoms with Crippen LogP contribution >= 0.6 is 23.2 Å². The first-order valence-electron chi connectivity index (χ1n) is 7.56. The zero-order valence-corrected chi connectivity index (χ0v) is 14.9. The van der Waals surface area contributed by atoms with E-state index in [0.717, 1.165) is 16.9 Å². The molecule has 3 rings (SSSR count). The lowest BCUT2D eigenvalue weighted by atomic mass is 10.2. The fourth-order valence-electron chi connectivity index (χ4n) is 2.30. The normalized spacial score (nSPS) is 10.4. The summed E-state index contributed by atoms with van der Waals surface area (Å²) in [4.78, 5) is 16.5. The number of carbonyl (C=O) groups is 1. The Hall–Kier alpha value is -2.56. The Bertz CT molecular complexity index is 928. The first-order valence-corrected chi connectivity index (χ1v) is 8.32. The lowest BCUT2D eigenvalue weighted by Gasteiger charge is -2.09. The molecule has 2 N–H and O–H groups in total. The standard InChI is InChI=1S/C19H15Cl2N3O/c1-12-3-2-4-14(7-12)23-16-8-13(10-22-11-16)19(25)24-15-5-6-17(20)18(21)9-15/h2-11,23H,1H3,(H,24,25). The smallest absolute Gasteiger partial charge is 0.257 e. The predicted octanol–water partition coefficient (Wildman–Crippen LogP) is 5.69. The van der Waals surface area contributed by atoms with Crippen LogP contribution in [0.25, 0.3) is 0 Å². The van der Waals surface area contributed by atoms with E-state index in [1.807, 2.05) is 31.2 Å². The van der Waals surface area contributed by atoms with Gasteiger partial charge in [-0.15, -0.1) is 0 Å². The van der Waals surface area contributed by atoms with E-state index in [2.05, 4.69) is 15.6 Å². The lowest BCUT2D eigenvalue weighted by Crippen LogP contribution is -2.12. The second-order valence-corrected chi connectivity index (χ2v) is 6.35. The number of aryl methyl sites for hydroxylation is 1. The number of rotatable bonds is 4. The Morgan fingerprint density at radius 2 is 1.76 bits per heavy atom. The lowest BCUT2D eigenvalue weighted by molar-refractivity contribution is 0.102. The summed E-state index contributed by atoms with van der Waals surface area (Å²) < 4.78 is 0. The number of pyridine rings is 1. The van der Waals surface area contributed by atoms with Gasteiger partial charge in [-0.1, -0.05) is 35.3 Å². The molecule has 1 amide bonds. The van der Waals surface area contributed by atoms with Gasteiger partial charge in [0.25, 0.3) is 5.91 Å². The van der Waals surface area contributed by atoms with Crippen LogP contribution in [0.3, 0.4) is 0 Å². The summed E-state index contributed by atoms with van der Waals surface area (Å²) in [5.74, 6) is -0.279. The van der Waals surface area contributed by atoms with Crippen LogP contribution in [-0.4, -0.2) is 10.9 Å². The molecule has 0 saturated heterocycles. The highest BCUT2D eigenvalue weighted by atomic mass is 35.5. The van der Waals surface area contributed by atoms with Crippen LogP contribution < -0.4 is 10.6 Å². The van der Waals surface area contributed by atoms with Gasteiger partial charge < -0.3 is 10.6 Å². The summed E-state index contributed by atoms with van der Waals surface area (Å²) in [6, 6.07) is 14.6. The molecule has 0 saturated carbocycles. The molecule has 6 heteroatoms. The average molecular weight is 372 g/mol. The molecule has 2 aromatic carbocycles. The Balaban J connectivity index is 1.76. The van der Waals surface area contributed by atoms with Crippen molar-refractivity contribution in [1.29, 1.82) is 0 Å². The first-order chi connectivity index (χ1) is 12.0. The highest BCUT2D eigenvalue weighted by Crippen LogP contribution is 2.25. The van der Waals surface area contributed by atoms with Crippen LogP contribution in [0.5, 0.6) is 0 Å². The molecule has 0 fully saturated rings. The van der Waals surface area contributed by atoms with Crippen LogP contribution in [0.1, 0.15) is 15.9 Å². The van der Waals surface area contributed by atoms with E-state index < -0.39 is 0 Å². The number of aromatic nitrogens is 1. The molecule has 126 valence electrons. The minimum absolute atomic E-state index is 0.279. The highest BCUT2D eigenvalue weighted by Gasteiger charge is 2.09. The quantitative estimate of drug-likeness (QED) is 0.618. The fourth-order valence-corrected chi connectivity index (χ4v) is 2.60. The van der Waals surface area contributed by atoms with Gasteiger partial charge in [0.2, 0.25) is 0 Å². The molecule has 0 spiro atoms. The van der Waals surface area contributed by atoms with Crippen molar-refractivity contribution in [2.45, 2.75) is 6.92 Å². The van der Waals surface area contributed by atoms with E-state index in [1.165, 1.54) is 6.20 Å². The summed E-state index contributed by atoms with van der Waals surface area (Å²) in [5.41, 5.74) is 3.81. The minimum Gasteiger partial charge on any atom is -0.354 e. The maximum atomic E-state index is 12.4. The fraction of sp³-hybridized carbons (Fsp3) is 0.0526. The Morgan fingerprint density at radius 3 is 2.52 bits per heavy atom. The van der Waals surface area contributed by atoms with Gasteiger partial charge in [0.05, 0.1) is 27.5 Å². The molecule has 25 heavy (non-hydrogen) atoms. The van der Waals surface area contributed by atoms with Gasteiger partial charge in [0.1, 0.15) is 0 Å². The van der Waals surface area contributed by atoms with Crippen LogP contribution in [0, 0.1) is 6.92 Å². The minimum atomic E-state index is -0.279. The third-order valence-electron chi connectivity index (χ3n) is 3.48. The summed E-state index contributed by atoms with van der Waals surface area (Å²) in [6.45, 7) is 2.02. The number of carbonyl (C=O) groups excluding carboxylic acids is 1. The number of halogens is 2. The van der Waals surface area contributed by atoms with E-state index in [4.69, 9.17) is 23.2 Å². The summed E-state index contributed by atoms with van der Waals surface area (Å²) in [7, 11) is 0. The van der Waals surface area contributed by atoms with Crippen molar-refractivity contribution in [2.24, 2.45) is 0 Å². The largest absolute Gasteiger partial charge is 0.354 e. The first kappa shape index (κ1) is 17.3. The Morgan fingerprint density at radius 1 is 0.920 bits per heavy atom. The van der Waals surface area contributed by atoms with Gasteiger partial charge in [-0.25, -0.2) is 0 Å². The van der Waals surface area contributed by atoms with Crippen molar-refractivity contribution >= 4 is 46.2 Å². The van der Waals surface area contributed by atoms with Crippen molar-refractivity contribution in [1.82, 2.24) is 4.98 Å². The van der Waals surface area contributed by atoms with Crippen LogP contribution in [0.4, 0.5) is 17.1 Å². The van der Waals surface area contributed by atoms with E-state index in [1.54, 1.807) is 30.5 Å². The molecule has 0 aliphatic carbocycles. The Labute approximate surface area is 155 Å². The van der Waals surface area contributed by atoms with E-state index in [0.29, 0.717) is 21.3 Å². The van der Waals surface area contributed by atoms with Crippen LogP contribution in [-0.2, 0) is 0 Å². The third kappa shape index (κ3) is 4.50. The van der Waals surface area contributed by atoms with Gasteiger partial charge in [-0.05, 0) is 48.9 Å². The van der Waals surface area contributed by atoms with Gasteiger partial charge in [0.15, 0.2) is 0 Å². The number of hydrogen-bond acceptors (Lipinski definition) is 3. The summed E-state index contributed by atoms with van der Waals surface area (Å²) >= 11 is 11.8. The summed E-state index contributed by atoms with van der Waals surface area (Å²) in [5, 5.41) is 6.83. The number of amides is 1. The average Bonchev–Trinajstić information content (AvgIpc) is 2.58. The number of hydrogen-bond donors (Lipinski definition) is 2. The molecular weight excluding hydrogens is 357 g/mol. The maximum absolute atomic E-state index is 12.4. The SMILES string of the molecule is Cc1cccc(Nc2cncc(C(=O)Nc3ccc(Cl)c(Cl)c3)c2)c1. The van der Waals surface area contributed by atoms with Crippen molar-refractivity contribution in [2.75, 3.05) is 10.6 Å². The second kappa shape index (κ2) is 7.55. The number of anilines is 3. The molecule has 0 bridgehead atoms. The van der Waals surface area contributed by atoms with Gasteiger partial charge in [0, 0.05) is 17.6 Å². The third-order valence-corrected chi connectivity index (χ3v) is 4.22. The topological polar surface area (TPSA) is 54.0 Å². The highest BCUT2D eigenvalue weighted by molar-refractivity contribution is 6.42. The van der Waals surface area contributed by atoms with Crippen molar-refractivity contribution in [3.8, 4) is 0 Å². The van der Waals surface area contributed by atoms with Gasteiger partial charge in [-0.2, -0.15) is 0 Å². The molecule has 1 heterocycles. The summed E-state index contributed by atoms with van der Waals surface area (Å²) in [6.07, 6.45) is 3.17. The zero-order chi connectivity index (χ0) is 17.8. The predicted molar refractivity (Wildman–Crippen MR) is 103 cm³/mol. The molecule has 3 aromatic rings. The van der Waals surface area contributed by atoms with Crippen molar-refractivity contribution < 1.29 is 4.79 Å². The molecule has 0 radical (unpaired) electrons. The monoisotopic (exact) mass is 371 g/mol. The number of nitrogens with zero attached hydrogens (tertiary/aromatic N) is 1. The van der Waals surface area contributed by atoms with E-state index in [-0.39, 0.29) is 5.91 Å². The molecule has 0 aliphatic heterocycles. The maximum Gasteiger partial charge on any atom is 0.257 e. The molecule has 4 nitrogen and oxygen atoms in total. The molecular formula is C19H15Cl2N3O. The van der Waals surface area contributed by atoms with E-state index >= 15 is 0 Å². The second-order valence-electron chi connectivity index (χ2n) is 5.54. The number of benzene rings is 2. The molecule has 0 unspecified atom stereocenters. The van der Waals surface area contributed by atoms with Gasteiger partial charge >= 0.3 is 0 Å². The molecule has 0 atom stereocenters. The zero-order valence-electron chi connectivity index (χ0n) is 13.4. The molecule has 0 aliphatic rings. The molecule has 1 aromatic heterocycles. The Kier molecular flexibility index (Phi) is 5.22. The van der Waals surface area contributed by atoms with Crippen LogP contribution in [0.15, 0.2) is 60.9 Å². The van der Waals surface area contributed by atoms with Crippen molar-refractivity contribution in [3.05, 3.63) is 82.1 Å². The van der Waals surface area contributed by atoms with Crippen molar-refractivity contribution in [3.63, 3.8) is 0 Å².